The minimum atomic E-state index is -0.321. The van der Waals surface area contributed by atoms with Crippen LogP contribution in [0, 0.1) is 5.82 Å². The molecule has 0 aliphatic rings. The molecule has 5 heteroatoms. The standard InChI is InChI=1S/C13H17FN4/c1-3-13-17-12(9(2)15)8-18(13)7-10-4-11(14)6-16-5-10/h4-6,8-9H,3,7,15H2,1-2H3/t9-/m1/s1. The summed E-state index contributed by atoms with van der Waals surface area (Å²) in [5.41, 5.74) is 7.50. The molecule has 1 atom stereocenters. The molecule has 2 aromatic heterocycles. The number of pyridine rings is 1. The zero-order valence-corrected chi connectivity index (χ0v) is 10.6. The van der Waals surface area contributed by atoms with Gasteiger partial charge < -0.3 is 10.3 Å². The molecule has 0 aliphatic heterocycles. The summed E-state index contributed by atoms with van der Waals surface area (Å²) in [6.07, 6.45) is 5.60. The fourth-order valence-corrected chi connectivity index (χ4v) is 1.85. The number of imidazole rings is 1. The van der Waals surface area contributed by atoms with E-state index in [0.717, 1.165) is 23.5 Å². The molecule has 18 heavy (non-hydrogen) atoms. The highest BCUT2D eigenvalue weighted by molar-refractivity contribution is 5.14. The van der Waals surface area contributed by atoms with Gasteiger partial charge in [-0.05, 0) is 18.6 Å². The highest BCUT2D eigenvalue weighted by Gasteiger charge is 2.10. The van der Waals surface area contributed by atoms with Gasteiger partial charge in [0, 0.05) is 24.9 Å². The maximum atomic E-state index is 13.1. The van der Waals surface area contributed by atoms with Gasteiger partial charge in [0.1, 0.15) is 11.6 Å². The molecule has 0 spiro atoms. The van der Waals surface area contributed by atoms with Crippen molar-refractivity contribution in [2.75, 3.05) is 0 Å². The Morgan fingerprint density at radius 2 is 2.22 bits per heavy atom. The van der Waals surface area contributed by atoms with Crippen LogP contribution in [0.5, 0.6) is 0 Å². The van der Waals surface area contributed by atoms with E-state index in [9.17, 15) is 4.39 Å². The molecule has 0 radical (unpaired) electrons. The molecule has 0 fully saturated rings. The summed E-state index contributed by atoms with van der Waals surface area (Å²) < 4.78 is 15.1. The van der Waals surface area contributed by atoms with Crippen LogP contribution in [0.15, 0.2) is 24.7 Å². The maximum Gasteiger partial charge on any atom is 0.141 e. The van der Waals surface area contributed by atoms with Crippen molar-refractivity contribution in [1.82, 2.24) is 14.5 Å². The van der Waals surface area contributed by atoms with Gasteiger partial charge in [0.25, 0.3) is 0 Å². The Kier molecular flexibility index (Phi) is 3.72. The van der Waals surface area contributed by atoms with Crippen LogP contribution in [-0.4, -0.2) is 14.5 Å². The van der Waals surface area contributed by atoms with Gasteiger partial charge in [0.05, 0.1) is 18.4 Å². The van der Waals surface area contributed by atoms with Crippen molar-refractivity contribution in [3.63, 3.8) is 0 Å². The molecule has 0 saturated heterocycles. The molecule has 2 aromatic rings. The number of aromatic nitrogens is 3. The predicted octanol–water partition coefficient (Wildman–Crippen LogP) is 2.05. The summed E-state index contributed by atoms with van der Waals surface area (Å²) in [4.78, 5) is 8.31. The largest absolute Gasteiger partial charge is 0.330 e. The smallest absolute Gasteiger partial charge is 0.141 e. The van der Waals surface area contributed by atoms with E-state index in [0.29, 0.717) is 6.54 Å². The average molecular weight is 248 g/mol. The van der Waals surface area contributed by atoms with Crippen LogP contribution in [0.4, 0.5) is 4.39 Å². The predicted molar refractivity (Wildman–Crippen MR) is 67.5 cm³/mol. The number of halogens is 1. The highest BCUT2D eigenvalue weighted by atomic mass is 19.1. The van der Waals surface area contributed by atoms with Crippen molar-refractivity contribution < 1.29 is 4.39 Å². The summed E-state index contributed by atoms with van der Waals surface area (Å²) in [5, 5.41) is 0. The van der Waals surface area contributed by atoms with E-state index >= 15 is 0 Å². The molecule has 2 rings (SSSR count). The summed E-state index contributed by atoms with van der Waals surface area (Å²) in [6.45, 7) is 4.50. The minimum absolute atomic E-state index is 0.0952. The summed E-state index contributed by atoms with van der Waals surface area (Å²) in [6, 6.07) is 1.39. The molecule has 0 unspecified atom stereocenters. The van der Waals surface area contributed by atoms with E-state index in [4.69, 9.17) is 5.73 Å². The normalized spacial score (nSPS) is 12.7. The third kappa shape index (κ3) is 2.73. The third-order valence-electron chi connectivity index (χ3n) is 2.77. The van der Waals surface area contributed by atoms with Gasteiger partial charge in [-0.3, -0.25) is 4.98 Å². The lowest BCUT2D eigenvalue weighted by molar-refractivity contribution is 0.615. The lowest BCUT2D eigenvalue weighted by Gasteiger charge is -2.05. The van der Waals surface area contributed by atoms with E-state index in [1.807, 2.05) is 24.6 Å². The highest BCUT2D eigenvalue weighted by Crippen LogP contribution is 2.13. The SMILES string of the molecule is CCc1nc([C@@H](C)N)cn1Cc1cncc(F)c1. The van der Waals surface area contributed by atoms with Crippen molar-refractivity contribution >= 4 is 0 Å². The zero-order valence-electron chi connectivity index (χ0n) is 10.6. The van der Waals surface area contributed by atoms with Crippen molar-refractivity contribution in [2.45, 2.75) is 32.9 Å². The molecule has 0 aliphatic carbocycles. The Labute approximate surface area is 106 Å². The Morgan fingerprint density at radius 3 is 2.83 bits per heavy atom. The quantitative estimate of drug-likeness (QED) is 0.901. The number of rotatable bonds is 4. The monoisotopic (exact) mass is 248 g/mol. The zero-order chi connectivity index (χ0) is 13.1. The molecular formula is C13H17FN4. The van der Waals surface area contributed by atoms with Crippen LogP contribution < -0.4 is 5.73 Å². The van der Waals surface area contributed by atoms with E-state index in [1.165, 1.54) is 12.3 Å². The van der Waals surface area contributed by atoms with Gasteiger partial charge in [-0.1, -0.05) is 6.92 Å². The Bertz CT molecular complexity index is 534. The third-order valence-corrected chi connectivity index (χ3v) is 2.77. The summed E-state index contributed by atoms with van der Waals surface area (Å²) in [5.74, 6) is 0.629. The van der Waals surface area contributed by atoms with Gasteiger partial charge in [0.15, 0.2) is 0 Å². The Hall–Kier alpha value is -1.75. The number of hydrogen-bond donors (Lipinski definition) is 1. The van der Waals surface area contributed by atoms with Crippen molar-refractivity contribution in [2.24, 2.45) is 5.73 Å². The summed E-state index contributed by atoms with van der Waals surface area (Å²) in [7, 11) is 0. The van der Waals surface area contributed by atoms with Gasteiger partial charge in [0.2, 0.25) is 0 Å². The van der Waals surface area contributed by atoms with Crippen molar-refractivity contribution in [1.29, 1.82) is 0 Å². The van der Waals surface area contributed by atoms with E-state index in [-0.39, 0.29) is 11.9 Å². The lowest BCUT2D eigenvalue weighted by Crippen LogP contribution is -2.05. The molecule has 2 N–H and O–H groups in total. The second-order valence-electron chi connectivity index (χ2n) is 4.36. The molecule has 0 amide bonds. The molecule has 0 saturated carbocycles. The Morgan fingerprint density at radius 1 is 1.44 bits per heavy atom. The molecule has 96 valence electrons. The van der Waals surface area contributed by atoms with Gasteiger partial charge in [-0.2, -0.15) is 0 Å². The fraction of sp³-hybridized carbons (Fsp3) is 0.385. The number of nitrogens with zero attached hydrogens (tertiary/aromatic N) is 3. The molecule has 0 aromatic carbocycles. The number of aryl methyl sites for hydroxylation is 1. The van der Waals surface area contributed by atoms with Crippen LogP contribution >= 0.6 is 0 Å². The first-order chi connectivity index (χ1) is 8.60. The molecule has 4 nitrogen and oxygen atoms in total. The second-order valence-corrected chi connectivity index (χ2v) is 4.36. The van der Waals surface area contributed by atoms with E-state index in [2.05, 4.69) is 9.97 Å². The van der Waals surface area contributed by atoms with Crippen LogP contribution in [0.2, 0.25) is 0 Å². The van der Waals surface area contributed by atoms with E-state index in [1.54, 1.807) is 6.20 Å². The topological polar surface area (TPSA) is 56.7 Å². The van der Waals surface area contributed by atoms with Crippen molar-refractivity contribution in [3.8, 4) is 0 Å². The average Bonchev–Trinajstić information content (AvgIpc) is 2.72. The lowest BCUT2D eigenvalue weighted by atomic mass is 10.2. The first-order valence-corrected chi connectivity index (χ1v) is 6.01. The number of nitrogens with two attached hydrogens (primary N) is 1. The molecule has 0 bridgehead atoms. The molecular weight excluding hydrogens is 231 g/mol. The van der Waals surface area contributed by atoms with Gasteiger partial charge >= 0.3 is 0 Å². The summed E-state index contributed by atoms with van der Waals surface area (Å²) >= 11 is 0. The van der Waals surface area contributed by atoms with Crippen molar-refractivity contribution in [3.05, 3.63) is 47.6 Å². The van der Waals surface area contributed by atoms with Crippen LogP contribution in [0.25, 0.3) is 0 Å². The second kappa shape index (κ2) is 5.27. The fourth-order valence-electron chi connectivity index (χ4n) is 1.85. The Balaban J connectivity index is 2.28. The van der Waals surface area contributed by atoms with Crippen LogP contribution in [0.3, 0.4) is 0 Å². The maximum absolute atomic E-state index is 13.1. The van der Waals surface area contributed by atoms with Crippen LogP contribution in [0.1, 0.15) is 37.0 Å². The minimum Gasteiger partial charge on any atom is -0.330 e. The first-order valence-electron chi connectivity index (χ1n) is 6.01. The van der Waals surface area contributed by atoms with E-state index < -0.39 is 0 Å². The van der Waals surface area contributed by atoms with Crippen LogP contribution in [-0.2, 0) is 13.0 Å². The first kappa shape index (κ1) is 12.7. The number of hydrogen-bond acceptors (Lipinski definition) is 3. The molecule has 2 heterocycles. The van der Waals surface area contributed by atoms with Gasteiger partial charge in [-0.25, -0.2) is 9.37 Å². The van der Waals surface area contributed by atoms with Gasteiger partial charge in [-0.15, -0.1) is 0 Å².